The Morgan fingerprint density at radius 3 is 1.07 bits per heavy atom. The van der Waals surface area contributed by atoms with E-state index in [1.807, 2.05) is 0 Å². The Bertz CT molecular complexity index is 1750. The highest BCUT2D eigenvalue weighted by atomic mass is 14.6. The lowest BCUT2D eigenvalue weighted by Gasteiger charge is -2.59. The third-order valence-electron chi connectivity index (χ3n) is 11.6. The van der Waals surface area contributed by atoms with Crippen molar-refractivity contribution in [3.8, 4) is 23.3 Å². The SMILES string of the molecule is CC(C)(C)c1cc2c3c(c1)[C@@H]1[C@@H](C#N)[C@H](c4ccccc4)[C@@H]1c1cc(C(C)(C)C)cc(c1-3)[C@H]1[C@H](C#N)[C@@H](c3ccccc3)[C@@H]21. The first kappa shape index (κ1) is 27.4. The van der Waals surface area contributed by atoms with Gasteiger partial charge in [0.05, 0.1) is 24.0 Å². The molecule has 44 heavy (non-hydrogen) atoms. The molecule has 0 spiro atoms. The van der Waals surface area contributed by atoms with Crippen LogP contribution in [0.25, 0.3) is 11.1 Å². The van der Waals surface area contributed by atoms with E-state index in [2.05, 4.69) is 139 Å². The van der Waals surface area contributed by atoms with Gasteiger partial charge in [0.25, 0.3) is 0 Å². The largest absolute Gasteiger partial charge is 0.198 e. The summed E-state index contributed by atoms with van der Waals surface area (Å²) in [5, 5.41) is 21.5. The van der Waals surface area contributed by atoms with Crippen molar-refractivity contribution in [3.05, 3.63) is 129 Å². The van der Waals surface area contributed by atoms with E-state index in [4.69, 9.17) is 0 Å². The normalized spacial score (nSPS) is 29.1. The zero-order valence-corrected chi connectivity index (χ0v) is 26.6. The maximum Gasteiger partial charge on any atom is 0.0669 e. The minimum absolute atomic E-state index is 0.0293. The molecule has 0 amide bonds. The molecule has 0 aromatic heterocycles. The minimum Gasteiger partial charge on any atom is -0.198 e. The van der Waals surface area contributed by atoms with Gasteiger partial charge in [-0.2, -0.15) is 10.5 Å². The number of nitrogens with zero attached hydrogens (tertiary/aromatic N) is 2. The second kappa shape index (κ2) is 9.19. The molecule has 0 saturated heterocycles. The van der Waals surface area contributed by atoms with Crippen molar-refractivity contribution < 1.29 is 0 Å². The average Bonchev–Trinajstić information content (AvgIpc) is 2.96. The van der Waals surface area contributed by atoms with E-state index in [9.17, 15) is 10.5 Å². The molecule has 2 heteroatoms. The molecule has 0 N–H and O–H groups in total. The lowest BCUT2D eigenvalue weighted by molar-refractivity contribution is 0.192. The second-order valence-corrected chi connectivity index (χ2v) is 15.8. The summed E-state index contributed by atoms with van der Waals surface area (Å²) in [4.78, 5) is 0. The topological polar surface area (TPSA) is 47.6 Å². The molecule has 8 atom stereocenters. The Kier molecular flexibility index (Phi) is 5.72. The molecule has 2 nitrogen and oxygen atoms in total. The molecule has 2 saturated carbocycles. The predicted molar refractivity (Wildman–Crippen MR) is 177 cm³/mol. The van der Waals surface area contributed by atoms with Crippen molar-refractivity contribution in [1.29, 1.82) is 10.5 Å². The third kappa shape index (κ3) is 3.58. The summed E-state index contributed by atoms with van der Waals surface area (Å²) >= 11 is 0. The van der Waals surface area contributed by atoms with Gasteiger partial charge in [-0.1, -0.05) is 126 Å². The number of benzene rings is 4. The van der Waals surface area contributed by atoms with Gasteiger partial charge < -0.3 is 0 Å². The van der Waals surface area contributed by atoms with Crippen molar-refractivity contribution >= 4 is 0 Å². The van der Waals surface area contributed by atoms with Gasteiger partial charge in [-0.25, -0.2) is 0 Å². The number of hydrogen-bond acceptors (Lipinski definition) is 2. The zero-order chi connectivity index (χ0) is 30.7. The number of nitriles is 2. The predicted octanol–water partition coefficient (Wildman–Crippen LogP) is 10.2. The Labute approximate surface area is 262 Å². The molecule has 218 valence electrons. The van der Waals surface area contributed by atoms with E-state index in [-0.39, 0.29) is 58.2 Å². The van der Waals surface area contributed by atoms with Crippen LogP contribution in [0.5, 0.6) is 0 Å². The van der Waals surface area contributed by atoms with E-state index in [1.165, 1.54) is 55.6 Å². The summed E-state index contributed by atoms with van der Waals surface area (Å²) in [6.07, 6.45) is 0. The van der Waals surface area contributed by atoms with Gasteiger partial charge in [0, 0.05) is 35.5 Å². The second-order valence-electron chi connectivity index (χ2n) is 15.8. The van der Waals surface area contributed by atoms with Gasteiger partial charge in [-0.3, -0.25) is 0 Å². The highest BCUT2D eigenvalue weighted by Crippen LogP contribution is 2.74. The van der Waals surface area contributed by atoms with Crippen LogP contribution in [0.15, 0.2) is 84.9 Å². The Morgan fingerprint density at radius 2 is 0.773 bits per heavy atom. The molecule has 0 aliphatic heterocycles. The molecule has 0 heterocycles. The first-order chi connectivity index (χ1) is 21.0. The summed E-state index contributed by atoms with van der Waals surface area (Å²) in [5.41, 5.74) is 13.5. The molecule has 4 aromatic carbocycles. The zero-order valence-electron chi connectivity index (χ0n) is 26.6. The van der Waals surface area contributed by atoms with Gasteiger partial charge in [0.2, 0.25) is 0 Å². The van der Waals surface area contributed by atoms with Crippen molar-refractivity contribution in [3.63, 3.8) is 0 Å². The Hall–Kier alpha value is -4.14. The lowest BCUT2D eigenvalue weighted by atomic mass is 9.42. The van der Waals surface area contributed by atoms with Crippen LogP contribution < -0.4 is 0 Å². The fourth-order valence-corrected chi connectivity index (χ4v) is 9.42. The van der Waals surface area contributed by atoms with Crippen LogP contribution in [0.4, 0.5) is 0 Å². The minimum atomic E-state index is -0.0764. The third-order valence-corrected chi connectivity index (χ3v) is 11.6. The molecule has 8 rings (SSSR count). The first-order valence-electron chi connectivity index (χ1n) is 16.3. The summed E-state index contributed by atoms with van der Waals surface area (Å²) in [6, 6.07) is 37.0. The maximum atomic E-state index is 10.8. The molecule has 4 aromatic rings. The fourth-order valence-electron chi connectivity index (χ4n) is 9.42. The Morgan fingerprint density at radius 1 is 0.455 bits per heavy atom. The summed E-state index contributed by atoms with van der Waals surface area (Å²) in [6.45, 7) is 13.8. The van der Waals surface area contributed by atoms with Crippen LogP contribution in [0.3, 0.4) is 0 Å². The van der Waals surface area contributed by atoms with Gasteiger partial charge in [-0.15, -0.1) is 0 Å². The van der Waals surface area contributed by atoms with Crippen molar-refractivity contribution in [2.24, 2.45) is 11.8 Å². The maximum absolute atomic E-state index is 10.8. The molecule has 0 radical (unpaired) electrons. The van der Waals surface area contributed by atoms with Crippen LogP contribution in [-0.4, -0.2) is 0 Å². The van der Waals surface area contributed by atoms with E-state index in [1.54, 1.807) is 0 Å². The lowest BCUT2D eigenvalue weighted by Crippen LogP contribution is -2.47. The van der Waals surface area contributed by atoms with Gasteiger partial charge >= 0.3 is 0 Å². The summed E-state index contributed by atoms with van der Waals surface area (Å²) in [7, 11) is 0. The van der Waals surface area contributed by atoms with Crippen LogP contribution in [0, 0.1) is 34.5 Å². The van der Waals surface area contributed by atoms with E-state index in [0.717, 1.165) is 0 Å². The molecular weight excluding hydrogens is 532 g/mol. The quantitative estimate of drug-likeness (QED) is 0.240. The van der Waals surface area contributed by atoms with Crippen molar-refractivity contribution in [1.82, 2.24) is 0 Å². The molecule has 2 fully saturated rings. The van der Waals surface area contributed by atoms with Crippen LogP contribution in [0.1, 0.15) is 122 Å². The van der Waals surface area contributed by atoms with E-state index >= 15 is 0 Å². The molecule has 4 aliphatic rings. The average molecular weight is 573 g/mol. The summed E-state index contributed by atoms with van der Waals surface area (Å²) < 4.78 is 0. The van der Waals surface area contributed by atoms with Crippen LogP contribution >= 0.6 is 0 Å². The van der Waals surface area contributed by atoms with Gasteiger partial charge in [0.15, 0.2) is 0 Å². The van der Waals surface area contributed by atoms with Crippen molar-refractivity contribution in [2.45, 2.75) is 87.9 Å². The number of hydrogen-bond donors (Lipinski definition) is 0. The van der Waals surface area contributed by atoms with E-state index in [0.29, 0.717) is 0 Å². The Balaban J connectivity index is 1.46. The van der Waals surface area contributed by atoms with Crippen molar-refractivity contribution in [2.75, 3.05) is 0 Å². The number of rotatable bonds is 2. The van der Waals surface area contributed by atoms with E-state index < -0.39 is 0 Å². The summed E-state index contributed by atoms with van der Waals surface area (Å²) in [5.74, 6) is 0.976. The highest BCUT2D eigenvalue weighted by Gasteiger charge is 2.61. The first-order valence-corrected chi connectivity index (χ1v) is 16.3. The van der Waals surface area contributed by atoms with Crippen LogP contribution in [-0.2, 0) is 10.8 Å². The van der Waals surface area contributed by atoms with Crippen LogP contribution in [0.2, 0.25) is 0 Å². The highest BCUT2D eigenvalue weighted by molar-refractivity contribution is 5.87. The smallest absolute Gasteiger partial charge is 0.0669 e. The number of fused-ring (bicyclic) bond motifs is 6. The molecule has 0 bridgehead atoms. The molecular formula is C42H40N2. The van der Waals surface area contributed by atoms with Gasteiger partial charge in [0.1, 0.15) is 0 Å². The standard InChI is InChI=1S/C42H40N2/c1-41(2,3)25-17-27-35-29(19-25)39-33(23-13-9-7-10-14-23)32(22-44)38(39)28-18-26(42(4,5)6)20-30(36(28)35)40-34(31(21-43)37(27)40)24-15-11-8-12-16-24/h7-20,31-34,37-40H,1-6H3/t31-,32+,33+,34-,37+,38-,39+,40-. The molecule has 0 unspecified atom stereocenters. The molecule has 4 aliphatic carbocycles. The monoisotopic (exact) mass is 572 g/mol. The fraction of sp³-hybridized carbons (Fsp3) is 0.381. The van der Waals surface area contributed by atoms with Gasteiger partial charge in [-0.05, 0) is 66.5 Å².